The first-order valence-electron chi connectivity index (χ1n) is 27.5. The molecular weight excluding hydrogens is 1020 g/mol. The van der Waals surface area contributed by atoms with E-state index in [0.29, 0.717) is 25.7 Å². The third-order valence-electron chi connectivity index (χ3n) is 12.4. The van der Waals surface area contributed by atoms with Crippen LogP contribution in [0.2, 0.25) is 0 Å². The molecule has 1 saturated heterocycles. The standard InChI is InChI=1S/C55H91N3O16P2/c1-4-6-30-36-46(59)37-32-27-23-19-15-11-9-13-16-20-24-28-33-38-50(60)69-42-47(72-51(61)39-34-29-25-21-17-12-8-7-10-14-18-22-26-31-35-45(3)5-2)43-70-75(65,66)74-76(67,68)71-44-48-52(62)53(63)54(73-48)58-41-40-49(56)57-55(58)64/h6,11,13,15-16,23-24,27-28,30,32,37,40-41,45-48,52-54,59,62-63H,4-5,7-10,12,14,17-22,25-26,29,31,33-36,38-39,42-44H2,1-3H3,(H,65,66)(H,67,68)(H2,56,57,64)/b15-11-,16-13-,27-23+,28-24-,30-6-,37-32+/t45?,46?,47-,48-,52-,53-,54-/m1/s1. The van der Waals surface area contributed by atoms with Gasteiger partial charge in [0.15, 0.2) is 12.3 Å². The fourth-order valence-electron chi connectivity index (χ4n) is 7.81. The highest BCUT2D eigenvalue weighted by atomic mass is 31.3. The minimum Gasteiger partial charge on any atom is -0.462 e. The Kier molecular flexibility index (Phi) is 37.0. The third kappa shape index (κ3) is 33.5. The van der Waals surface area contributed by atoms with E-state index in [4.69, 9.17) is 29.0 Å². The summed E-state index contributed by atoms with van der Waals surface area (Å²) in [5.74, 6) is -0.584. The van der Waals surface area contributed by atoms with Gasteiger partial charge in [-0.05, 0) is 56.9 Å². The first-order valence-corrected chi connectivity index (χ1v) is 30.4. The van der Waals surface area contributed by atoms with Gasteiger partial charge in [-0.15, -0.1) is 0 Å². The molecular formula is C55H91N3O16P2. The third-order valence-corrected chi connectivity index (χ3v) is 15.0. The average Bonchev–Trinajstić information content (AvgIpc) is 3.65. The minimum absolute atomic E-state index is 0.0157. The van der Waals surface area contributed by atoms with E-state index in [-0.39, 0.29) is 18.7 Å². The number of carbonyl (C=O) groups excluding carboxylic acids is 2. The van der Waals surface area contributed by atoms with E-state index in [0.717, 1.165) is 61.6 Å². The van der Waals surface area contributed by atoms with Gasteiger partial charge in [0, 0.05) is 19.0 Å². The Bertz CT molecular complexity index is 2090. The van der Waals surface area contributed by atoms with Crippen LogP contribution in [0.3, 0.4) is 0 Å². The number of nitrogens with zero attached hydrogens (tertiary/aromatic N) is 2. The Labute approximate surface area is 451 Å². The molecule has 0 spiro atoms. The number of carbonyl (C=O) groups is 2. The van der Waals surface area contributed by atoms with Crippen LogP contribution in [0.25, 0.3) is 0 Å². The molecule has 7 N–H and O–H groups in total. The van der Waals surface area contributed by atoms with E-state index in [1.54, 1.807) is 6.08 Å². The highest BCUT2D eigenvalue weighted by Gasteiger charge is 2.46. The molecule has 0 saturated carbocycles. The number of unbranched alkanes of at least 4 members (excludes halogenated alkanes) is 13. The molecule has 76 heavy (non-hydrogen) atoms. The maximum absolute atomic E-state index is 12.9. The van der Waals surface area contributed by atoms with Crippen LogP contribution >= 0.6 is 15.6 Å². The molecule has 19 nitrogen and oxygen atoms in total. The van der Waals surface area contributed by atoms with Gasteiger partial charge in [0.25, 0.3) is 0 Å². The van der Waals surface area contributed by atoms with Crippen LogP contribution in [0.5, 0.6) is 0 Å². The maximum atomic E-state index is 12.9. The Hall–Kier alpha value is -3.84. The molecule has 0 radical (unpaired) electrons. The largest absolute Gasteiger partial charge is 0.481 e. The second-order valence-corrected chi connectivity index (χ2v) is 22.2. The summed E-state index contributed by atoms with van der Waals surface area (Å²) in [5.41, 5.74) is 4.59. The quantitative estimate of drug-likeness (QED) is 0.0116. The summed E-state index contributed by atoms with van der Waals surface area (Å²) in [4.78, 5) is 62.0. The van der Waals surface area contributed by atoms with E-state index in [2.05, 4.69) is 42.2 Å². The summed E-state index contributed by atoms with van der Waals surface area (Å²) < 4.78 is 56.8. The Morgan fingerprint density at radius 2 is 1.33 bits per heavy atom. The van der Waals surface area contributed by atoms with Gasteiger partial charge in [-0.3, -0.25) is 23.2 Å². The number of rotatable bonds is 44. The summed E-state index contributed by atoms with van der Waals surface area (Å²) in [6.45, 7) is 4.24. The molecule has 0 aliphatic carbocycles. The summed E-state index contributed by atoms with van der Waals surface area (Å²) in [7, 11) is -10.9. The number of hydrogen-bond donors (Lipinski definition) is 6. The molecule has 21 heteroatoms. The average molecular weight is 1110 g/mol. The zero-order valence-corrected chi connectivity index (χ0v) is 47.1. The van der Waals surface area contributed by atoms with E-state index >= 15 is 0 Å². The summed E-state index contributed by atoms with van der Waals surface area (Å²) in [5, 5.41) is 30.8. The van der Waals surface area contributed by atoms with Gasteiger partial charge >= 0.3 is 33.3 Å². The van der Waals surface area contributed by atoms with Crippen LogP contribution < -0.4 is 11.4 Å². The second-order valence-electron chi connectivity index (χ2n) is 19.2. The number of aromatic nitrogens is 2. The highest BCUT2D eigenvalue weighted by Crippen LogP contribution is 2.60. The number of aliphatic hydroxyl groups excluding tert-OH is 3. The molecule has 2 rings (SSSR count). The molecule has 1 fully saturated rings. The number of hydrogen-bond acceptors (Lipinski definition) is 16. The predicted molar refractivity (Wildman–Crippen MR) is 294 cm³/mol. The number of phosphoric acid groups is 2. The van der Waals surface area contributed by atoms with Crippen molar-refractivity contribution in [3.63, 3.8) is 0 Å². The van der Waals surface area contributed by atoms with Crippen LogP contribution in [0, 0.1) is 5.92 Å². The predicted octanol–water partition coefficient (Wildman–Crippen LogP) is 10.9. The smallest absolute Gasteiger partial charge is 0.462 e. The van der Waals surface area contributed by atoms with Crippen molar-refractivity contribution in [2.45, 2.75) is 212 Å². The van der Waals surface area contributed by atoms with Gasteiger partial charge in [-0.1, -0.05) is 190 Å². The van der Waals surface area contributed by atoms with Crippen molar-refractivity contribution in [2.75, 3.05) is 25.6 Å². The van der Waals surface area contributed by atoms with Crippen molar-refractivity contribution in [3.05, 3.63) is 95.7 Å². The molecule has 2 heterocycles. The van der Waals surface area contributed by atoms with Crippen molar-refractivity contribution in [3.8, 4) is 0 Å². The van der Waals surface area contributed by atoms with E-state index in [1.807, 2.05) is 54.7 Å². The molecule has 0 amide bonds. The lowest BCUT2D eigenvalue weighted by molar-refractivity contribution is -0.161. The van der Waals surface area contributed by atoms with Crippen molar-refractivity contribution < 1.29 is 71.4 Å². The highest BCUT2D eigenvalue weighted by molar-refractivity contribution is 7.61. The Morgan fingerprint density at radius 1 is 0.750 bits per heavy atom. The van der Waals surface area contributed by atoms with Crippen molar-refractivity contribution in [2.24, 2.45) is 5.92 Å². The molecule has 432 valence electrons. The first kappa shape index (κ1) is 68.3. The van der Waals surface area contributed by atoms with Gasteiger partial charge in [0.1, 0.15) is 30.7 Å². The molecule has 0 aromatic carbocycles. The van der Waals surface area contributed by atoms with E-state index in [1.165, 1.54) is 76.7 Å². The molecule has 1 aromatic rings. The fraction of sp³-hybridized carbons (Fsp3) is 0.673. The number of allylic oxidation sites excluding steroid dienone is 10. The van der Waals surface area contributed by atoms with Crippen LogP contribution in [0.15, 0.2) is 90.0 Å². The lowest BCUT2D eigenvalue weighted by Gasteiger charge is -2.21. The number of anilines is 1. The first-order chi connectivity index (χ1) is 36.5. The van der Waals surface area contributed by atoms with Gasteiger partial charge in [0.2, 0.25) is 0 Å². The molecule has 1 aromatic heterocycles. The number of aliphatic hydroxyl groups is 3. The number of phosphoric ester groups is 2. The van der Waals surface area contributed by atoms with Gasteiger partial charge < -0.3 is 45.1 Å². The van der Waals surface area contributed by atoms with E-state index in [9.17, 15) is 48.6 Å². The van der Waals surface area contributed by atoms with Gasteiger partial charge in [0.05, 0.1) is 19.3 Å². The lowest BCUT2D eigenvalue weighted by atomic mass is 9.99. The topological polar surface area (TPSA) is 286 Å². The minimum atomic E-state index is -5.45. The molecule has 1 aliphatic heterocycles. The van der Waals surface area contributed by atoms with Gasteiger partial charge in [-0.25, -0.2) is 13.9 Å². The number of nitrogens with two attached hydrogens (primary N) is 1. The fourth-order valence-corrected chi connectivity index (χ4v) is 9.92. The zero-order chi connectivity index (χ0) is 55.9. The monoisotopic (exact) mass is 1110 g/mol. The second kappa shape index (κ2) is 41.2. The van der Waals surface area contributed by atoms with Crippen LogP contribution in [-0.2, 0) is 46.3 Å². The zero-order valence-electron chi connectivity index (χ0n) is 45.3. The molecule has 9 atom stereocenters. The van der Waals surface area contributed by atoms with Crippen molar-refractivity contribution >= 4 is 33.4 Å². The van der Waals surface area contributed by atoms with Crippen molar-refractivity contribution in [1.29, 1.82) is 0 Å². The molecule has 0 bridgehead atoms. The maximum Gasteiger partial charge on any atom is 0.481 e. The van der Waals surface area contributed by atoms with E-state index < -0.39 is 89.8 Å². The summed E-state index contributed by atoms with van der Waals surface area (Å²) in [6, 6.07) is 1.24. The molecule has 1 aliphatic rings. The van der Waals surface area contributed by atoms with Crippen LogP contribution in [0.4, 0.5) is 5.82 Å². The Morgan fingerprint density at radius 3 is 1.93 bits per heavy atom. The normalized spacial score (nSPS) is 20.1. The van der Waals surface area contributed by atoms with Crippen LogP contribution in [-0.4, -0.2) is 96.9 Å². The number of ether oxygens (including phenoxy) is 3. The summed E-state index contributed by atoms with van der Waals surface area (Å²) in [6.07, 6.45) is 38.9. The Balaban J connectivity index is 1.81. The van der Waals surface area contributed by atoms with Crippen molar-refractivity contribution in [1.82, 2.24) is 9.55 Å². The van der Waals surface area contributed by atoms with Gasteiger partial charge in [-0.2, -0.15) is 9.29 Å². The number of esters is 2. The number of nitrogen functional groups attached to an aromatic ring is 1. The van der Waals surface area contributed by atoms with Crippen LogP contribution in [0.1, 0.15) is 181 Å². The SMILES string of the molecule is CC/C=C\CC(O)/C=C/C=C/C/C=C\C/C=C\C/C=C\CCC(=O)OC[C@H](COP(=O)(O)OP(=O)(O)OC[C@H]1O[C@@H](n2ccc(N)nc2=O)[C@H](O)[C@@H]1O)OC(=O)CCCCCCCCCCCCCCCCC(C)CC. The lowest BCUT2D eigenvalue weighted by Crippen LogP contribution is -2.36. The summed E-state index contributed by atoms with van der Waals surface area (Å²) >= 11 is 0. The molecule has 4 unspecified atom stereocenters.